The summed E-state index contributed by atoms with van der Waals surface area (Å²) in [5.74, 6) is -1.53. The predicted octanol–water partition coefficient (Wildman–Crippen LogP) is 2.72. The maximum atomic E-state index is 11.7. The standard InChI is InChI=1S/C14H11NO4S/c1-19-14(18)10-6-4-8-15-12(10)20-11-7-3-2-5-9(11)13(16)17/h2-8H,1H3,(H,16,17). The molecule has 0 aliphatic rings. The molecule has 1 aromatic carbocycles. The first-order chi connectivity index (χ1) is 9.63. The molecule has 0 aliphatic carbocycles. The van der Waals surface area contributed by atoms with Gasteiger partial charge in [0, 0.05) is 11.1 Å². The molecule has 6 heteroatoms. The van der Waals surface area contributed by atoms with Crippen molar-refractivity contribution in [1.82, 2.24) is 4.98 Å². The molecular weight excluding hydrogens is 278 g/mol. The van der Waals surface area contributed by atoms with E-state index in [1.54, 1.807) is 30.3 Å². The minimum absolute atomic E-state index is 0.166. The fraction of sp³-hybridized carbons (Fsp3) is 0.0714. The molecule has 0 saturated carbocycles. The van der Waals surface area contributed by atoms with Crippen LogP contribution in [-0.2, 0) is 4.74 Å². The highest BCUT2D eigenvalue weighted by Crippen LogP contribution is 2.31. The topological polar surface area (TPSA) is 76.5 Å². The number of rotatable bonds is 4. The van der Waals surface area contributed by atoms with Crippen molar-refractivity contribution in [3.05, 3.63) is 53.7 Å². The molecule has 2 aromatic rings. The second-order valence-electron chi connectivity index (χ2n) is 3.75. The third-order valence-electron chi connectivity index (χ3n) is 2.50. The van der Waals surface area contributed by atoms with Crippen LogP contribution < -0.4 is 0 Å². The third-order valence-corrected chi connectivity index (χ3v) is 3.60. The monoisotopic (exact) mass is 289 g/mol. The Kier molecular flexibility index (Phi) is 4.37. The van der Waals surface area contributed by atoms with Gasteiger partial charge in [0.1, 0.15) is 5.03 Å². The van der Waals surface area contributed by atoms with Crippen LogP contribution in [0.4, 0.5) is 0 Å². The SMILES string of the molecule is COC(=O)c1cccnc1Sc1ccccc1C(=O)O. The van der Waals surface area contributed by atoms with Crippen molar-refractivity contribution in [3.63, 3.8) is 0 Å². The van der Waals surface area contributed by atoms with E-state index in [4.69, 9.17) is 5.11 Å². The van der Waals surface area contributed by atoms with Crippen molar-refractivity contribution >= 4 is 23.7 Å². The van der Waals surface area contributed by atoms with E-state index in [1.165, 1.54) is 19.4 Å². The van der Waals surface area contributed by atoms with E-state index >= 15 is 0 Å². The molecule has 1 N–H and O–H groups in total. The lowest BCUT2D eigenvalue weighted by Gasteiger charge is -2.08. The quantitative estimate of drug-likeness (QED) is 0.872. The highest BCUT2D eigenvalue weighted by atomic mass is 32.2. The summed E-state index contributed by atoms with van der Waals surface area (Å²) in [4.78, 5) is 27.4. The minimum atomic E-state index is -1.02. The number of aromatic carboxylic acids is 1. The van der Waals surface area contributed by atoms with E-state index in [1.807, 2.05) is 0 Å². The first-order valence-corrected chi connectivity index (χ1v) is 6.48. The van der Waals surface area contributed by atoms with Gasteiger partial charge in [-0.2, -0.15) is 0 Å². The molecule has 20 heavy (non-hydrogen) atoms. The van der Waals surface area contributed by atoms with E-state index < -0.39 is 11.9 Å². The van der Waals surface area contributed by atoms with Crippen LogP contribution in [0.15, 0.2) is 52.5 Å². The average molecular weight is 289 g/mol. The molecule has 0 spiro atoms. The van der Waals surface area contributed by atoms with Gasteiger partial charge in [0.2, 0.25) is 0 Å². The summed E-state index contributed by atoms with van der Waals surface area (Å²) >= 11 is 1.12. The number of aromatic nitrogens is 1. The highest BCUT2D eigenvalue weighted by Gasteiger charge is 2.16. The summed E-state index contributed by atoms with van der Waals surface area (Å²) in [5.41, 5.74) is 0.471. The Labute approximate surface area is 119 Å². The van der Waals surface area contributed by atoms with Crippen molar-refractivity contribution in [1.29, 1.82) is 0 Å². The van der Waals surface area contributed by atoms with Crippen LogP contribution in [0.5, 0.6) is 0 Å². The number of carbonyl (C=O) groups excluding carboxylic acids is 1. The number of nitrogens with zero attached hydrogens (tertiary/aromatic N) is 1. The van der Waals surface area contributed by atoms with Crippen molar-refractivity contribution in [2.24, 2.45) is 0 Å². The van der Waals surface area contributed by atoms with Crippen molar-refractivity contribution in [2.45, 2.75) is 9.92 Å². The van der Waals surface area contributed by atoms with E-state index in [2.05, 4.69) is 9.72 Å². The number of ether oxygens (including phenoxy) is 1. The number of hydrogen-bond donors (Lipinski definition) is 1. The van der Waals surface area contributed by atoms with E-state index in [-0.39, 0.29) is 5.56 Å². The number of carbonyl (C=O) groups is 2. The van der Waals surface area contributed by atoms with Gasteiger partial charge < -0.3 is 9.84 Å². The molecule has 102 valence electrons. The Hall–Kier alpha value is -2.34. The Balaban J connectivity index is 2.41. The fourth-order valence-corrected chi connectivity index (χ4v) is 2.57. The van der Waals surface area contributed by atoms with Crippen molar-refractivity contribution in [3.8, 4) is 0 Å². The molecule has 0 unspecified atom stereocenters. The molecule has 0 aliphatic heterocycles. The van der Waals surface area contributed by atoms with Crippen molar-refractivity contribution < 1.29 is 19.4 Å². The van der Waals surface area contributed by atoms with Gasteiger partial charge in [-0.1, -0.05) is 23.9 Å². The summed E-state index contributed by atoms with van der Waals surface area (Å²) in [6.45, 7) is 0. The molecule has 0 amide bonds. The first-order valence-electron chi connectivity index (χ1n) is 5.67. The first kappa shape index (κ1) is 14.1. The fourth-order valence-electron chi connectivity index (χ4n) is 1.57. The highest BCUT2D eigenvalue weighted by molar-refractivity contribution is 7.99. The number of hydrogen-bond acceptors (Lipinski definition) is 5. The van der Waals surface area contributed by atoms with Crippen LogP contribution in [0.2, 0.25) is 0 Å². The lowest BCUT2D eigenvalue weighted by Crippen LogP contribution is -2.05. The van der Waals surface area contributed by atoms with Crippen LogP contribution in [0, 0.1) is 0 Å². The molecule has 0 radical (unpaired) electrons. The van der Waals surface area contributed by atoms with Gasteiger partial charge in [0.15, 0.2) is 0 Å². The molecule has 0 bridgehead atoms. The second kappa shape index (κ2) is 6.21. The van der Waals surface area contributed by atoms with E-state index in [0.717, 1.165) is 11.8 Å². The van der Waals surface area contributed by atoms with Crippen LogP contribution >= 0.6 is 11.8 Å². The van der Waals surface area contributed by atoms with Crippen LogP contribution in [-0.4, -0.2) is 29.1 Å². The Morgan fingerprint density at radius 3 is 2.55 bits per heavy atom. The molecule has 1 aromatic heterocycles. The van der Waals surface area contributed by atoms with Crippen LogP contribution in [0.25, 0.3) is 0 Å². The van der Waals surface area contributed by atoms with Gasteiger partial charge in [0.05, 0.1) is 18.2 Å². The molecular formula is C14H11NO4S. The van der Waals surface area contributed by atoms with Crippen LogP contribution in [0.1, 0.15) is 20.7 Å². The Morgan fingerprint density at radius 2 is 1.85 bits per heavy atom. The largest absolute Gasteiger partial charge is 0.478 e. The minimum Gasteiger partial charge on any atom is -0.478 e. The van der Waals surface area contributed by atoms with Crippen molar-refractivity contribution in [2.75, 3.05) is 7.11 Å². The maximum absolute atomic E-state index is 11.7. The van der Waals surface area contributed by atoms with Gasteiger partial charge in [0.25, 0.3) is 0 Å². The molecule has 1 heterocycles. The molecule has 5 nitrogen and oxygen atoms in total. The maximum Gasteiger partial charge on any atom is 0.340 e. The summed E-state index contributed by atoms with van der Waals surface area (Å²) < 4.78 is 4.68. The number of methoxy groups -OCH3 is 1. The summed E-state index contributed by atoms with van der Waals surface area (Å²) in [5, 5.41) is 9.55. The zero-order valence-electron chi connectivity index (χ0n) is 10.6. The number of carboxylic acids is 1. The van der Waals surface area contributed by atoms with Crippen LogP contribution in [0.3, 0.4) is 0 Å². The molecule has 0 fully saturated rings. The van der Waals surface area contributed by atoms with Gasteiger partial charge >= 0.3 is 11.9 Å². The number of esters is 1. The number of benzene rings is 1. The molecule has 2 rings (SSSR count). The normalized spacial score (nSPS) is 10.1. The Bertz CT molecular complexity index is 657. The van der Waals surface area contributed by atoms with Gasteiger partial charge in [-0.25, -0.2) is 14.6 Å². The number of pyridine rings is 1. The lowest BCUT2D eigenvalue weighted by atomic mass is 10.2. The second-order valence-corrected chi connectivity index (χ2v) is 4.78. The lowest BCUT2D eigenvalue weighted by molar-refractivity contribution is 0.0595. The zero-order chi connectivity index (χ0) is 14.5. The number of carboxylic acid groups (broad SMARTS) is 1. The third kappa shape index (κ3) is 2.97. The van der Waals surface area contributed by atoms with E-state index in [9.17, 15) is 9.59 Å². The van der Waals surface area contributed by atoms with Gasteiger partial charge in [-0.15, -0.1) is 0 Å². The average Bonchev–Trinajstić information content (AvgIpc) is 2.47. The zero-order valence-corrected chi connectivity index (χ0v) is 11.4. The summed E-state index contributed by atoms with van der Waals surface area (Å²) in [6.07, 6.45) is 1.54. The summed E-state index contributed by atoms with van der Waals surface area (Å²) in [6, 6.07) is 9.77. The van der Waals surface area contributed by atoms with Gasteiger partial charge in [-0.05, 0) is 24.3 Å². The van der Waals surface area contributed by atoms with Gasteiger partial charge in [-0.3, -0.25) is 0 Å². The predicted molar refractivity (Wildman–Crippen MR) is 73.1 cm³/mol. The molecule has 0 saturated heterocycles. The summed E-state index contributed by atoms with van der Waals surface area (Å²) in [7, 11) is 1.29. The Morgan fingerprint density at radius 1 is 1.15 bits per heavy atom. The smallest absolute Gasteiger partial charge is 0.340 e. The van der Waals surface area contributed by atoms with E-state index in [0.29, 0.717) is 15.5 Å². The molecule has 0 atom stereocenters.